The number of allylic oxidation sites excluding steroid dienone is 4. The molecule has 0 fully saturated rings. The third-order valence-electron chi connectivity index (χ3n) is 12.4. The summed E-state index contributed by atoms with van der Waals surface area (Å²) in [7, 11) is 0. The second kappa shape index (κ2) is 22.0. The van der Waals surface area contributed by atoms with Crippen molar-refractivity contribution in [3.05, 3.63) is 106 Å². The lowest BCUT2D eigenvalue weighted by Gasteiger charge is -2.30. The minimum absolute atomic E-state index is 0.208. The Balaban J connectivity index is 2.70. The number of hydrogen-bond donors (Lipinski definition) is 0. The largest absolute Gasteiger partial charge is 0.255 e. The molecule has 3 aromatic carbocycles. The highest BCUT2D eigenvalue weighted by Crippen LogP contribution is 2.49. The van der Waals surface area contributed by atoms with Crippen LogP contribution in [0, 0.1) is 5.92 Å². The van der Waals surface area contributed by atoms with E-state index in [-0.39, 0.29) is 35.5 Å². The van der Waals surface area contributed by atoms with Crippen LogP contribution < -0.4 is 0 Å². The fourth-order valence-electron chi connectivity index (χ4n) is 10.5. The minimum Gasteiger partial charge on any atom is -0.255 e. The minimum atomic E-state index is 0.208. The molecule has 65 heavy (non-hydrogen) atoms. The van der Waals surface area contributed by atoms with Crippen molar-refractivity contribution in [2.24, 2.45) is 20.9 Å². The topological polar surface area (TPSA) is 37.1 Å². The Morgan fingerprint density at radius 2 is 0.631 bits per heavy atom. The van der Waals surface area contributed by atoms with Gasteiger partial charge in [-0.25, -0.2) is 0 Å². The zero-order valence-electron chi connectivity index (χ0n) is 45.7. The smallest absolute Gasteiger partial charge is 0.0796 e. The van der Waals surface area contributed by atoms with Gasteiger partial charge in [-0.2, -0.15) is 0 Å². The molecular formula is C62H89N3. The van der Waals surface area contributed by atoms with Crippen molar-refractivity contribution in [2.75, 3.05) is 0 Å². The first-order valence-corrected chi connectivity index (χ1v) is 25.1. The van der Waals surface area contributed by atoms with Gasteiger partial charge in [-0.3, -0.25) is 15.0 Å². The van der Waals surface area contributed by atoms with Crippen LogP contribution in [0.25, 0.3) is 24.3 Å². The summed E-state index contributed by atoms with van der Waals surface area (Å²) in [6.45, 7) is 55.5. The number of benzene rings is 3. The molecule has 3 aromatic rings. The van der Waals surface area contributed by atoms with Gasteiger partial charge in [-0.15, -0.1) is 0 Å². The number of fused-ring (bicyclic) bond motifs is 3. The Hall–Kier alpha value is -4.37. The molecule has 3 nitrogen and oxygen atoms in total. The molecule has 1 heterocycles. The molecule has 1 aliphatic heterocycles. The van der Waals surface area contributed by atoms with Crippen LogP contribution in [0.5, 0.6) is 0 Å². The van der Waals surface area contributed by atoms with Gasteiger partial charge in [0.2, 0.25) is 0 Å². The van der Waals surface area contributed by atoms with Crippen LogP contribution in [-0.4, -0.2) is 18.6 Å². The third-order valence-corrected chi connectivity index (χ3v) is 12.4. The molecular weight excluding hydrogens is 787 g/mol. The van der Waals surface area contributed by atoms with E-state index >= 15 is 0 Å². The van der Waals surface area contributed by atoms with Crippen molar-refractivity contribution in [1.29, 1.82) is 0 Å². The van der Waals surface area contributed by atoms with Gasteiger partial charge in [-0.1, -0.05) is 157 Å². The molecule has 3 heteroatoms. The SMILES string of the molecule is CC(C)=Cc1c2c(c(C(C)C)c(C=C(C)C)c1C(C)C)C=Nc1c(c(C(C)C)c(C=C(C)C)c(C(C)C)c1CC(C)C)C=Nc1c(c(C(C)C)c(C=C(C)C)c(C(C)C)c1C(C)C)C=N2. The summed E-state index contributed by atoms with van der Waals surface area (Å²) in [6.07, 6.45) is 17.2. The van der Waals surface area contributed by atoms with E-state index in [0.717, 1.165) is 40.2 Å². The maximum atomic E-state index is 5.87. The Morgan fingerprint density at radius 1 is 0.338 bits per heavy atom. The molecule has 0 saturated carbocycles. The van der Waals surface area contributed by atoms with Crippen molar-refractivity contribution in [3.8, 4) is 0 Å². The van der Waals surface area contributed by atoms with Gasteiger partial charge in [0.05, 0.1) is 17.1 Å². The lowest BCUT2D eigenvalue weighted by molar-refractivity contribution is 0.638. The highest BCUT2D eigenvalue weighted by molar-refractivity contribution is 6.04. The molecule has 0 unspecified atom stereocenters. The van der Waals surface area contributed by atoms with E-state index in [1.165, 1.54) is 89.1 Å². The van der Waals surface area contributed by atoms with Gasteiger partial charge in [0, 0.05) is 40.9 Å². The highest BCUT2D eigenvalue weighted by Gasteiger charge is 2.31. The zero-order chi connectivity index (χ0) is 49.1. The van der Waals surface area contributed by atoms with E-state index in [4.69, 9.17) is 15.0 Å². The monoisotopic (exact) mass is 876 g/mol. The predicted molar refractivity (Wildman–Crippen MR) is 296 cm³/mol. The molecule has 4 rings (SSSR count). The van der Waals surface area contributed by atoms with E-state index in [9.17, 15) is 0 Å². The molecule has 0 radical (unpaired) electrons. The fourth-order valence-corrected chi connectivity index (χ4v) is 10.5. The molecule has 0 spiro atoms. The summed E-state index contributed by atoms with van der Waals surface area (Å²) in [6, 6.07) is 0. The van der Waals surface area contributed by atoms with Crippen LogP contribution in [0.4, 0.5) is 17.1 Å². The molecule has 0 saturated heterocycles. The second-order valence-corrected chi connectivity index (χ2v) is 22.7. The van der Waals surface area contributed by atoms with Crippen LogP contribution in [0.3, 0.4) is 0 Å². The summed E-state index contributed by atoms with van der Waals surface area (Å²) in [5, 5.41) is 0. The average molecular weight is 876 g/mol. The molecule has 0 amide bonds. The van der Waals surface area contributed by atoms with Crippen LogP contribution in [-0.2, 0) is 6.42 Å². The maximum absolute atomic E-state index is 5.87. The van der Waals surface area contributed by atoms with Gasteiger partial charge < -0.3 is 0 Å². The number of hydrogen-bond acceptors (Lipinski definition) is 3. The van der Waals surface area contributed by atoms with Crippen molar-refractivity contribution >= 4 is 60.0 Å². The Kier molecular flexibility index (Phi) is 18.0. The van der Waals surface area contributed by atoms with E-state index in [2.05, 4.69) is 209 Å². The first-order valence-electron chi connectivity index (χ1n) is 25.1. The molecule has 0 N–H and O–H groups in total. The first-order chi connectivity index (χ1) is 30.2. The van der Waals surface area contributed by atoms with Crippen LogP contribution in [0.2, 0.25) is 0 Å². The second-order valence-electron chi connectivity index (χ2n) is 22.7. The number of aliphatic imine (C=N–C) groups is 3. The average Bonchev–Trinajstić information content (AvgIpc) is 3.13. The van der Waals surface area contributed by atoms with Crippen molar-refractivity contribution in [3.63, 3.8) is 0 Å². The van der Waals surface area contributed by atoms with E-state index < -0.39 is 0 Å². The van der Waals surface area contributed by atoms with Gasteiger partial charge in [0.15, 0.2) is 0 Å². The standard InChI is InChI=1S/C62H89N3/c1-33(2)25-45-53(38(11)12)48(28-36(7)8)60-50(55(45)40(15)16)30-63-61-49(29-37(9)10)54(39(13)14)46(26-34(3)4)56(41(17)18)51(61)31-65-62-52(32-64-60)57(42(19)20)47(27-35(5)6)58(43(21)22)59(62)44(23)24/h25-28,30-32,37-44H,29H2,1-24H3. The first kappa shape index (κ1) is 53.2. The van der Waals surface area contributed by atoms with Gasteiger partial charge in [-0.05, 0) is 170 Å². The van der Waals surface area contributed by atoms with E-state index in [1.807, 2.05) is 0 Å². The number of rotatable bonds is 13. The van der Waals surface area contributed by atoms with Gasteiger partial charge in [0.1, 0.15) is 0 Å². The summed E-state index contributed by atoms with van der Waals surface area (Å²) >= 11 is 0. The number of nitrogens with zero attached hydrogens (tertiary/aromatic N) is 3. The summed E-state index contributed by atoms with van der Waals surface area (Å²) < 4.78 is 0. The third kappa shape index (κ3) is 11.6. The van der Waals surface area contributed by atoms with Gasteiger partial charge >= 0.3 is 0 Å². The van der Waals surface area contributed by atoms with Crippen LogP contribution in [0.1, 0.15) is 291 Å². The zero-order valence-corrected chi connectivity index (χ0v) is 45.7. The molecule has 0 aromatic heterocycles. The van der Waals surface area contributed by atoms with Crippen molar-refractivity contribution < 1.29 is 0 Å². The van der Waals surface area contributed by atoms with Crippen molar-refractivity contribution in [2.45, 2.75) is 214 Å². The highest BCUT2D eigenvalue weighted by atomic mass is 14.8. The predicted octanol–water partition coefficient (Wildman–Crippen LogP) is 20.0. The Morgan fingerprint density at radius 3 is 0.985 bits per heavy atom. The summed E-state index contributed by atoms with van der Waals surface area (Å²) in [5.74, 6) is 2.11. The normalized spacial score (nSPS) is 12.7. The molecule has 352 valence electrons. The molecule has 0 aliphatic carbocycles. The van der Waals surface area contributed by atoms with Gasteiger partial charge in [0.25, 0.3) is 0 Å². The molecule has 0 bridgehead atoms. The van der Waals surface area contributed by atoms with Crippen LogP contribution >= 0.6 is 0 Å². The summed E-state index contributed by atoms with van der Waals surface area (Å²) in [4.78, 5) is 17.6. The van der Waals surface area contributed by atoms with Crippen LogP contribution in [0.15, 0.2) is 37.3 Å². The lowest BCUT2D eigenvalue weighted by atomic mass is 9.77. The Labute approximate surface area is 399 Å². The quantitative estimate of drug-likeness (QED) is 0.128. The van der Waals surface area contributed by atoms with Crippen molar-refractivity contribution in [1.82, 2.24) is 0 Å². The fraction of sp³-hybridized carbons (Fsp3) is 0.532. The summed E-state index contributed by atoms with van der Waals surface area (Å²) in [5.41, 5.74) is 27.4. The Bertz CT molecular complexity index is 2460. The van der Waals surface area contributed by atoms with E-state index in [1.54, 1.807) is 0 Å². The molecule has 0 atom stereocenters. The lowest BCUT2D eigenvalue weighted by Crippen LogP contribution is -2.13. The molecule has 1 aliphatic rings. The van der Waals surface area contributed by atoms with E-state index in [0.29, 0.717) is 11.8 Å². The maximum Gasteiger partial charge on any atom is 0.0796 e.